The molecule has 0 saturated carbocycles. The zero-order valence-electron chi connectivity index (χ0n) is 17.9. The van der Waals surface area contributed by atoms with E-state index >= 15 is 0 Å². The van der Waals surface area contributed by atoms with Gasteiger partial charge in [-0.1, -0.05) is 30.3 Å². The van der Waals surface area contributed by atoms with Gasteiger partial charge in [0.15, 0.2) is 5.96 Å². The van der Waals surface area contributed by atoms with Crippen molar-refractivity contribution in [2.24, 2.45) is 10.9 Å². The highest BCUT2D eigenvalue weighted by molar-refractivity contribution is 5.79. The fourth-order valence-electron chi connectivity index (χ4n) is 3.42. The van der Waals surface area contributed by atoms with E-state index in [0.717, 1.165) is 89.9 Å². The standard InChI is InChI=1S/C24H35N3O3/c1-2-6-21(7-3-1)9-14-26-24(27-15-10-23-8-4-17-30-23)25-13-5-16-29-20-22-11-18-28-19-12-22/h1-4,6-8,17,22H,5,9-16,18-20H2,(H2,25,26,27). The van der Waals surface area contributed by atoms with Gasteiger partial charge in [-0.15, -0.1) is 0 Å². The van der Waals surface area contributed by atoms with Crippen LogP contribution in [0.4, 0.5) is 0 Å². The minimum Gasteiger partial charge on any atom is -0.469 e. The maximum atomic E-state index is 5.85. The van der Waals surface area contributed by atoms with Crippen molar-refractivity contribution in [2.45, 2.75) is 32.1 Å². The molecule has 1 fully saturated rings. The molecule has 0 radical (unpaired) electrons. The zero-order chi connectivity index (χ0) is 20.7. The number of hydrogen-bond donors (Lipinski definition) is 2. The highest BCUT2D eigenvalue weighted by Gasteiger charge is 2.13. The van der Waals surface area contributed by atoms with Crippen LogP contribution in [0.5, 0.6) is 0 Å². The summed E-state index contributed by atoms with van der Waals surface area (Å²) in [5.41, 5.74) is 1.32. The molecule has 0 bridgehead atoms. The normalized spacial score (nSPS) is 15.3. The Morgan fingerprint density at radius 1 is 1.00 bits per heavy atom. The van der Waals surface area contributed by atoms with Crippen molar-refractivity contribution in [3.8, 4) is 0 Å². The van der Waals surface area contributed by atoms with Crippen LogP contribution in [0.1, 0.15) is 30.6 Å². The van der Waals surface area contributed by atoms with Crippen molar-refractivity contribution in [2.75, 3.05) is 46.1 Å². The van der Waals surface area contributed by atoms with Crippen molar-refractivity contribution >= 4 is 5.96 Å². The number of ether oxygens (including phenoxy) is 2. The summed E-state index contributed by atoms with van der Waals surface area (Å²) in [6.07, 6.45) is 6.67. The molecule has 1 aliphatic rings. The number of benzene rings is 1. The lowest BCUT2D eigenvalue weighted by Gasteiger charge is -2.21. The van der Waals surface area contributed by atoms with Crippen molar-refractivity contribution < 1.29 is 13.9 Å². The molecule has 3 rings (SSSR count). The van der Waals surface area contributed by atoms with Gasteiger partial charge in [0.1, 0.15) is 5.76 Å². The summed E-state index contributed by atoms with van der Waals surface area (Å²) in [5, 5.41) is 6.86. The Balaban J connectivity index is 1.35. The topological polar surface area (TPSA) is 68.0 Å². The first-order valence-electron chi connectivity index (χ1n) is 11.1. The first-order chi connectivity index (χ1) is 14.9. The quantitative estimate of drug-likeness (QED) is 0.317. The van der Waals surface area contributed by atoms with E-state index in [-0.39, 0.29) is 0 Å². The van der Waals surface area contributed by atoms with Crippen LogP contribution in [0.25, 0.3) is 0 Å². The number of nitrogens with zero attached hydrogens (tertiary/aromatic N) is 1. The second kappa shape index (κ2) is 13.8. The summed E-state index contributed by atoms with van der Waals surface area (Å²) in [4.78, 5) is 4.72. The lowest BCUT2D eigenvalue weighted by molar-refractivity contribution is 0.0205. The highest BCUT2D eigenvalue weighted by atomic mass is 16.5. The Morgan fingerprint density at radius 3 is 2.57 bits per heavy atom. The Bertz CT molecular complexity index is 698. The van der Waals surface area contributed by atoms with E-state index in [1.54, 1.807) is 6.26 Å². The zero-order valence-corrected chi connectivity index (χ0v) is 17.9. The number of aliphatic imine (C=N–C) groups is 1. The fraction of sp³-hybridized carbons (Fsp3) is 0.542. The monoisotopic (exact) mass is 413 g/mol. The first-order valence-corrected chi connectivity index (χ1v) is 11.1. The van der Waals surface area contributed by atoms with E-state index in [0.29, 0.717) is 5.92 Å². The summed E-state index contributed by atoms with van der Waals surface area (Å²) in [5.74, 6) is 2.48. The Labute approximate surface area is 180 Å². The van der Waals surface area contributed by atoms with E-state index in [1.165, 1.54) is 5.56 Å². The third-order valence-corrected chi connectivity index (χ3v) is 5.20. The van der Waals surface area contributed by atoms with Crippen LogP contribution in [-0.2, 0) is 22.3 Å². The summed E-state index contributed by atoms with van der Waals surface area (Å²) in [7, 11) is 0. The van der Waals surface area contributed by atoms with Crippen LogP contribution in [0.3, 0.4) is 0 Å². The minimum atomic E-state index is 0.653. The molecule has 164 valence electrons. The average molecular weight is 414 g/mol. The lowest BCUT2D eigenvalue weighted by Crippen LogP contribution is -2.39. The molecule has 2 N–H and O–H groups in total. The molecule has 6 nitrogen and oxygen atoms in total. The first kappa shape index (κ1) is 22.4. The van der Waals surface area contributed by atoms with Gasteiger partial charge >= 0.3 is 0 Å². The van der Waals surface area contributed by atoms with Crippen LogP contribution in [-0.4, -0.2) is 52.0 Å². The molecule has 0 unspecified atom stereocenters. The summed E-state index contributed by atoms with van der Waals surface area (Å²) < 4.78 is 16.6. The Morgan fingerprint density at radius 2 is 1.80 bits per heavy atom. The molecule has 0 aliphatic carbocycles. The van der Waals surface area contributed by atoms with E-state index in [1.807, 2.05) is 18.2 Å². The molecule has 1 aliphatic heterocycles. The van der Waals surface area contributed by atoms with Gasteiger partial charge in [0.05, 0.1) is 6.26 Å². The van der Waals surface area contributed by atoms with E-state index in [2.05, 4.69) is 34.9 Å². The SMILES string of the molecule is c1ccc(CCNC(=NCCCOCC2CCOCC2)NCCc2ccco2)cc1. The van der Waals surface area contributed by atoms with Crippen LogP contribution >= 0.6 is 0 Å². The maximum Gasteiger partial charge on any atom is 0.191 e. The van der Waals surface area contributed by atoms with E-state index in [4.69, 9.17) is 18.9 Å². The maximum absolute atomic E-state index is 5.85. The van der Waals surface area contributed by atoms with Crippen LogP contribution < -0.4 is 10.6 Å². The average Bonchev–Trinajstić information content (AvgIpc) is 3.31. The number of rotatable bonds is 12. The van der Waals surface area contributed by atoms with Gasteiger partial charge in [-0.2, -0.15) is 0 Å². The van der Waals surface area contributed by atoms with Crippen LogP contribution in [0.2, 0.25) is 0 Å². The Kier molecular flexibility index (Phi) is 10.3. The summed E-state index contributed by atoms with van der Waals surface area (Å²) in [6, 6.07) is 14.4. The third kappa shape index (κ3) is 9.01. The second-order valence-corrected chi connectivity index (χ2v) is 7.63. The molecular weight excluding hydrogens is 378 g/mol. The molecule has 0 amide bonds. The van der Waals surface area contributed by atoms with E-state index in [9.17, 15) is 0 Å². The summed E-state index contributed by atoms with van der Waals surface area (Å²) >= 11 is 0. The lowest BCUT2D eigenvalue weighted by atomic mass is 10.0. The Hall–Kier alpha value is -2.31. The number of hydrogen-bond acceptors (Lipinski definition) is 4. The molecule has 1 aromatic carbocycles. The molecule has 2 heterocycles. The van der Waals surface area contributed by atoms with Gasteiger partial charge in [-0.3, -0.25) is 4.99 Å². The number of nitrogens with one attached hydrogen (secondary N) is 2. The molecule has 0 spiro atoms. The largest absolute Gasteiger partial charge is 0.469 e. The van der Waals surface area contributed by atoms with Crippen molar-refractivity contribution in [3.63, 3.8) is 0 Å². The molecule has 2 aromatic rings. The van der Waals surface area contributed by atoms with Crippen molar-refractivity contribution in [3.05, 3.63) is 60.1 Å². The van der Waals surface area contributed by atoms with Gasteiger partial charge in [-0.05, 0) is 49.3 Å². The van der Waals surface area contributed by atoms with E-state index < -0.39 is 0 Å². The molecule has 6 heteroatoms. The van der Waals surface area contributed by atoms with Crippen LogP contribution in [0, 0.1) is 5.92 Å². The smallest absolute Gasteiger partial charge is 0.191 e. The van der Waals surface area contributed by atoms with Gasteiger partial charge in [0.2, 0.25) is 0 Å². The summed E-state index contributed by atoms with van der Waals surface area (Å²) in [6.45, 7) is 5.72. The highest BCUT2D eigenvalue weighted by Crippen LogP contribution is 2.14. The van der Waals surface area contributed by atoms with Crippen molar-refractivity contribution in [1.82, 2.24) is 10.6 Å². The molecule has 30 heavy (non-hydrogen) atoms. The predicted molar refractivity (Wildman–Crippen MR) is 120 cm³/mol. The molecular formula is C24H35N3O3. The molecule has 1 aromatic heterocycles. The second-order valence-electron chi connectivity index (χ2n) is 7.63. The van der Waals surface area contributed by atoms with Crippen LogP contribution in [0.15, 0.2) is 58.1 Å². The molecule has 1 saturated heterocycles. The third-order valence-electron chi connectivity index (χ3n) is 5.20. The number of furan rings is 1. The van der Waals surface area contributed by atoms with Gasteiger partial charge in [0, 0.05) is 52.5 Å². The van der Waals surface area contributed by atoms with Gasteiger partial charge < -0.3 is 24.5 Å². The predicted octanol–water partition coefficient (Wildman–Crippen LogP) is 3.43. The fourth-order valence-corrected chi connectivity index (χ4v) is 3.42. The van der Waals surface area contributed by atoms with Gasteiger partial charge in [-0.25, -0.2) is 0 Å². The van der Waals surface area contributed by atoms with Crippen molar-refractivity contribution in [1.29, 1.82) is 0 Å². The van der Waals surface area contributed by atoms with Gasteiger partial charge in [0.25, 0.3) is 0 Å². The number of guanidine groups is 1. The minimum absolute atomic E-state index is 0.653. The molecule has 0 atom stereocenters.